The van der Waals surface area contributed by atoms with E-state index in [1.807, 2.05) is 36.7 Å². The van der Waals surface area contributed by atoms with Crippen LogP contribution in [-0.4, -0.2) is 40.6 Å². The minimum atomic E-state index is 0.147. The summed E-state index contributed by atoms with van der Waals surface area (Å²) in [5.41, 5.74) is 2.09. The number of aromatic nitrogens is 3. The Morgan fingerprint density at radius 2 is 2.29 bits per heavy atom. The fraction of sp³-hybridized carbons (Fsp3) is 0.467. The molecular formula is C15H19ClN4O. The number of rotatable bonds is 3. The summed E-state index contributed by atoms with van der Waals surface area (Å²) >= 11 is 6.03. The molecule has 0 spiro atoms. The molecule has 0 aliphatic carbocycles. The predicted octanol–water partition coefficient (Wildman–Crippen LogP) is 2.07. The molecular weight excluding hydrogens is 288 g/mol. The van der Waals surface area contributed by atoms with Gasteiger partial charge >= 0.3 is 0 Å². The van der Waals surface area contributed by atoms with Crippen molar-refractivity contribution in [1.82, 2.24) is 20.1 Å². The Hall–Kier alpha value is -1.43. The third kappa shape index (κ3) is 3.26. The first-order valence-electron chi connectivity index (χ1n) is 7.15. The zero-order valence-electron chi connectivity index (χ0n) is 12.3. The smallest absolute Gasteiger partial charge is 0.148 e. The highest BCUT2D eigenvalue weighted by Crippen LogP contribution is 2.20. The first-order valence-corrected chi connectivity index (χ1v) is 7.52. The van der Waals surface area contributed by atoms with Crippen molar-refractivity contribution < 1.29 is 4.74 Å². The largest absolute Gasteiger partial charge is 0.375 e. The molecule has 5 nitrogen and oxygen atoms in total. The van der Waals surface area contributed by atoms with Gasteiger partial charge in [0.05, 0.1) is 18.4 Å². The van der Waals surface area contributed by atoms with Crippen LogP contribution in [0.2, 0.25) is 5.02 Å². The molecule has 0 saturated carbocycles. The molecule has 21 heavy (non-hydrogen) atoms. The average Bonchev–Trinajstić information content (AvgIpc) is 2.80. The fourth-order valence-corrected chi connectivity index (χ4v) is 2.82. The highest BCUT2D eigenvalue weighted by atomic mass is 35.5. The van der Waals surface area contributed by atoms with Gasteiger partial charge in [0.25, 0.3) is 0 Å². The highest BCUT2D eigenvalue weighted by molar-refractivity contribution is 6.30. The summed E-state index contributed by atoms with van der Waals surface area (Å²) in [5, 5.41) is 8.59. The summed E-state index contributed by atoms with van der Waals surface area (Å²) < 4.78 is 7.67. The maximum atomic E-state index is 6.03. The number of aryl methyl sites for hydroxylation is 2. The van der Waals surface area contributed by atoms with Crippen molar-refractivity contribution in [3.8, 4) is 5.69 Å². The number of ether oxygens (including phenoxy) is 1. The lowest BCUT2D eigenvalue weighted by atomic mass is 10.2. The summed E-state index contributed by atoms with van der Waals surface area (Å²) in [7, 11) is 0. The van der Waals surface area contributed by atoms with Gasteiger partial charge in [0, 0.05) is 24.5 Å². The monoisotopic (exact) mass is 306 g/mol. The standard InChI is InChI=1S/C15H19ClN4O/c1-10-7-12(16)3-4-14(10)20-15(18-11(2)19-20)8-13-9-17-5-6-21-13/h3-4,7,13,17H,5-6,8-9H2,1-2H3/t13-/m0/s1. The topological polar surface area (TPSA) is 52.0 Å². The molecule has 1 aliphatic heterocycles. The second-order valence-electron chi connectivity index (χ2n) is 5.32. The van der Waals surface area contributed by atoms with Crippen LogP contribution in [0.5, 0.6) is 0 Å². The molecule has 0 amide bonds. The second-order valence-corrected chi connectivity index (χ2v) is 5.76. The van der Waals surface area contributed by atoms with E-state index in [-0.39, 0.29) is 6.10 Å². The number of halogens is 1. The Bertz CT molecular complexity index is 635. The van der Waals surface area contributed by atoms with E-state index in [9.17, 15) is 0 Å². The summed E-state index contributed by atoms with van der Waals surface area (Å²) in [4.78, 5) is 4.56. The van der Waals surface area contributed by atoms with Gasteiger partial charge in [-0.2, -0.15) is 5.10 Å². The molecule has 1 aromatic carbocycles. The van der Waals surface area contributed by atoms with Crippen molar-refractivity contribution in [1.29, 1.82) is 0 Å². The van der Waals surface area contributed by atoms with Crippen LogP contribution in [-0.2, 0) is 11.2 Å². The summed E-state index contributed by atoms with van der Waals surface area (Å²) in [6.45, 7) is 6.45. The van der Waals surface area contributed by atoms with E-state index in [0.717, 1.165) is 54.0 Å². The molecule has 3 rings (SSSR count). The van der Waals surface area contributed by atoms with E-state index in [4.69, 9.17) is 16.3 Å². The molecule has 6 heteroatoms. The lowest BCUT2D eigenvalue weighted by molar-refractivity contribution is 0.0277. The molecule has 1 atom stereocenters. The maximum Gasteiger partial charge on any atom is 0.148 e. The van der Waals surface area contributed by atoms with Crippen molar-refractivity contribution in [2.24, 2.45) is 0 Å². The quantitative estimate of drug-likeness (QED) is 0.943. The lowest BCUT2D eigenvalue weighted by Gasteiger charge is -2.23. The SMILES string of the molecule is Cc1nc(C[C@H]2CNCCO2)n(-c2ccc(Cl)cc2C)n1. The molecule has 1 aliphatic rings. The molecule has 2 aromatic rings. The molecule has 1 aromatic heterocycles. The van der Waals surface area contributed by atoms with Gasteiger partial charge in [-0.1, -0.05) is 11.6 Å². The molecule has 2 heterocycles. The van der Waals surface area contributed by atoms with Crippen LogP contribution in [0.15, 0.2) is 18.2 Å². The van der Waals surface area contributed by atoms with Crippen LogP contribution in [0, 0.1) is 13.8 Å². The summed E-state index contributed by atoms with van der Waals surface area (Å²) in [5.74, 6) is 1.69. The Labute approximate surface area is 129 Å². The fourth-order valence-electron chi connectivity index (χ4n) is 2.59. The molecule has 1 saturated heterocycles. The Kier molecular flexibility index (Phi) is 4.24. The lowest BCUT2D eigenvalue weighted by Crippen LogP contribution is -2.40. The van der Waals surface area contributed by atoms with E-state index < -0.39 is 0 Å². The second kappa shape index (κ2) is 6.13. The van der Waals surface area contributed by atoms with Gasteiger partial charge in [-0.3, -0.25) is 0 Å². The van der Waals surface area contributed by atoms with Gasteiger partial charge in [0.15, 0.2) is 0 Å². The van der Waals surface area contributed by atoms with Gasteiger partial charge in [-0.25, -0.2) is 9.67 Å². The third-order valence-corrected chi connectivity index (χ3v) is 3.82. The number of nitrogens with zero attached hydrogens (tertiary/aromatic N) is 3. The van der Waals surface area contributed by atoms with E-state index in [1.165, 1.54) is 0 Å². The van der Waals surface area contributed by atoms with Crippen molar-refractivity contribution in [2.45, 2.75) is 26.4 Å². The summed E-state index contributed by atoms with van der Waals surface area (Å²) in [6.07, 6.45) is 0.893. The van der Waals surface area contributed by atoms with Crippen LogP contribution in [0.25, 0.3) is 5.69 Å². The zero-order chi connectivity index (χ0) is 14.8. The first-order chi connectivity index (χ1) is 10.1. The Morgan fingerprint density at radius 3 is 3.00 bits per heavy atom. The van der Waals surface area contributed by atoms with E-state index in [1.54, 1.807) is 0 Å². The normalized spacial score (nSPS) is 18.9. The number of morpholine rings is 1. The molecule has 1 fully saturated rings. The summed E-state index contributed by atoms with van der Waals surface area (Å²) in [6, 6.07) is 5.80. The first kappa shape index (κ1) is 14.5. The van der Waals surface area contributed by atoms with Crippen molar-refractivity contribution >= 4 is 11.6 Å². The predicted molar refractivity (Wildman–Crippen MR) is 82.2 cm³/mol. The van der Waals surface area contributed by atoms with Crippen LogP contribution < -0.4 is 5.32 Å². The number of hydrogen-bond acceptors (Lipinski definition) is 4. The van der Waals surface area contributed by atoms with E-state index in [2.05, 4.69) is 15.4 Å². The number of hydrogen-bond donors (Lipinski definition) is 1. The van der Waals surface area contributed by atoms with Crippen LogP contribution >= 0.6 is 11.6 Å². The molecule has 0 bridgehead atoms. The van der Waals surface area contributed by atoms with Crippen molar-refractivity contribution in [3.05, 3.63) is 40.4 Å². The minimum absolute atomic E-state index is 0.147. The van der Waals surface area contributed by atoms with Crippen molar-refractivity contribution in [2.75, 3.05) is 19.7 Å². The van der Waals surface area contributed by atoms with Crippen molar-refractivity contribution in [3.63, 3.8) is 0 Å². The van der Waals surface area contributed by atoms with E-state index >= 15 is 0 Å². The van der Waals surface area contributed by atoms with Crippen LogP contribution in [0.1, 0.15) is 17.2 Å². The van der Waals surface area contributed by atoms with Gasteiger partial charge < -0.3 is 10.1 Å². The average molecular weight is 307 g/mol. The minimum Gasteiger partial charge on any atom is -0.375 e. The number of nitrogens with one attached hydrogen (secondary N) is 1. The molecule has 0 unspecified atom stereocenters. The number of benzene rings is 1. The van der Waals surface area contributed by atoms with Gasteiger partial charge in [0.2, 0.25) is 0 Å². The zero-order valence-corrected chi connectivity index (χ0v) is 13.0. The van der Waals surface area contributed by atoms with Gasteiger partial charge in [-0.15, -0.1) is 0 Å². The van der Waals surface area contributed by atoms with Gasteiger partial charge in [0.1, 0.15) is 11.6 Å². The van der Waals surface area contributed by atoms with Crippen LogP contribution in [0.3, 0.4) is 0 Å². The maximum absolute atomic E-state index is 6.03. The Morgan fingerprint density at radius 1 is 1.43 bits per heavy atom. The molecule has 0 radical (unpaired) electrons. The highest BCUT2D eigenvalue weighted by Gasteiger charge is 2.19. The van der Waals surface area contributed by atoms with E-state index in [0.29, 0.717) is 0 Å². The van der Waals surface area contributed by atoms with Crippen LogP contribution in [0.4, 0.5) is 0 Å². The van der Waals surface area contributed by atoms with Gasteiger partial charge in [-0.05, 0) is 37.6 Å². The molecule has 112 valence electrons. The third-order valence-electron chi connectivity index (χ3n) is 3.58. The Balaban J connectivity index is 1.91. The molecule has 1 N–H and O–H groups in total.